The molecule has 1 aromatic rings. The Hall–Kier alpha value is -1.09. The highest BCUT2D eigenvalue weighted by atomic mass is 19.1. The second-order valence-electron chi connectivity index (χ2n) is 3.67. The molecule has 0 aliphatic carbocycles. The minimum atomic E-state index is -0.843. The summed E-state index contributed by atoms with van der Waals surface area (Å²) in [5.74, 6) is -0.00574. The maximum absolute atomic E-state index is 13.6. The molecule has 0 radical (unpaired) electrons. The molecular formula is C11H14FNO. The summed E-state index contributed by atoms with van der Waals surface area (Å²) in [4.78, 5) is 0. The van der Waals surface area contributed by atoms with Crippen LogP contribution in [-0.4, -0.2) is 24.4 Å². The lowest BCUT2D eigenvalue weighted by atomic mass is 9.89. The van der Waals surface area contributed by atoms with E-state index >= 15 is 0 Å². The van der Waals surface area contributed by atoms with Crippen molar-refractivity contribution in [2.45, 2.75) is 18.5 Å². The Bertz CT molecular complexity index is 316. The van der Waals surface area contributed by atoms with Gasteiger partial charge >= 0.3 is 0 Å². The molecule has 0 saturated carbocycles. The number of hydrogen-bond acceptors (Lipinski definition) is 2. The van der Waals surface area contributed by atoms with E-state index < -0.39 is 6.17 Å². The Morgan fingerprint density at radius 2 is 2.14 bits per heavy atom. The van der Waals surface area contributed by atoms with Gasteiger partial charge in [0, 0.05) is 18.0 Å². The van der Waals surface area contributed by atoms with E-state index in [4.69, 9.17) is 0 Å². The van der Waals surface area contributed by atoms with Crippen molar-refractivity contribution in [2.24, 2.45) is 0 Å². The highest BCUT2D eigenvalue weighted by Gasteiger charge is 2.27. The van der Waals surface area contributed by atoms with Gasteiger partial charge in [-0.1, -0.05) is 18.2 Å². The summed E-state index contributed by atoms with van der Waals surface area (Å²) in [7, 11) is 0. The summed E-state index contributed by atoms with van der Waals surface area (Å²) in [5.41, 5.74) is 0.715. The molecule has 14 heavy (non-hydrogen) atoms. The van der Waals surface area contributed by atoms with Gasteiger partial charge in [0.15, 0.2) is 0 Å². The number of phenolic OH excluding ortho intramolecular Hbond substituents is 1. The molecule has 0 spiro atoms. The van der Waals surface area contributed by atoms with Gasteiger partial charge in [0.2, 0.25) is 0 Å². The lowest BCUT2D eigenvalue weighted by molar-refractivity contribution is 0.225. The van der Waals surface area contributed by atoms with Gasteiger partial charge in [-0.2, -0.15) is 0 Å². The zero-order chi connectivity index (χ0) is 9.97. The third-order valence-electron chi connectivity index (χ3n) is 2.73. The fraction of sp³-hybridized carbons (Fsp3) is 0.455. The summed E-state index contributed by atoms with van der Waals surface area (Å²) in [6.07, 6.45) is -0.316. The molecule has 1 heterocycles. The first kappa shape index (κ1) is 9.46. The molecule has 2 N–H and O–H groups in total. The van der Waals surface area contributed by atoms with Crippen LogP contribution >= 0.6 is 0 Å². The number of alkyl halides is 1. The van der Waals surface area contributed by atoms with Crippen LogP contribution in [0.25, 0.3) is 0 Å². The first-order chi connectivity index (χ1) is 6.79. The van der Waals surface area contributed by atoms with Crippen LogP contribution in [0, 0.1) is 0 Å². The van der Waals surface area contributed by atoms with Crippen molar-refractivity contribution in [3.63, 3.8) is 0 Å². The zero-order valence-corrected chi connectivity index (χ0v) is 7.91. The smallest absolute Gasteiger partial charge is 0.119 e. The van der Waals surface area contributed by atoms with E-state index in [2.05, 4.69) is 5.32 Å². The summed E-state index contributed by atoms with van der Waals surface area (Å²) in [5, 5.41) is 12.7. The number of phenols is 1. The predicted octanol–water partition coefficient (Wildman–Crippen LogP) is 1.81. The molecule has 2 atom stereocenters. The van der Waals surface area contributed by atoms with Gasteiger partial charge in [0.1, 0.15) is 11.9 Å². The average Bonchev–Trinajstić information content (AvgIpc) is 2.20. The van der Waals surface area contributed by atoms with E-state index in [0.717, 1.165) is 6.54 Å². The molecule has 0 aromatic heterocycles. The lowest BCUT2D eigenvalue weighted by Crippen LogP contribution is -2.36. The molecule has 2 unspecified atom stereocenters. The molecule has 1 aliphatic heterocycles. The minimum Gasteiger partial charge on any atom is -0.508 e. The van der Waals surface area contributed by atoms with Gasteiger partial charge in [-0.05, 0) is 19.0 Å². The Labute approximate surface area is 82.8 Å². The second kappa shape index (κ2) is 3.96. The third-order valence-corrected chi connectivity index (χ3v) is 2.73. The number of piperidine rings is 1. The van der Waals surface area contributed by atoms with Crippen molar-refractivity contribution in [3.8, 4) is 5.75 Å². The van der Waals surface area contributed by atoms with Gasteiger partial charge in [0.05, 0.1) is 0 Å². The first-order valence-electron chi connectivity index (χ1n) is 4.91. The minimum absolute atomic E-state index is 0.198. The molecule has 2 rings (SSSR count). The maximum Gasteiger partial charge on any atom is 0.119 e. The van der Waals surface area contributed by atoms with Crippen molar-refractivity contribution < 1.29 is 9.50 Å². The third kappa shape index (κ3) is 1.73. The van der Waals surface area contributed by atoms with Crippen LogP contribution in [0.15, 0.2) is 24.3 Å². The van der Waals surface area contributed by atoms with E-state index in [9.17, 15) is 9.50 Å². The monoisotopic (exact) mass is 195 g/mol. The van der Waals surface area contributed by atoms with Crippen molar-refractivity contribution in [2.75, 3.05) is 13.1 Å². The Morgan fingerprint density at radius 1 is 1.36 bits per heavy atom. The van der Waals surface area contributed by atoms with Gasteiger partial charge in [-0.3, -0.25) is 0 Å². The molecule has 1 fully saturated rings. The van der Waals surface area contributed by atoms with Crippen LogP contribution in [0.3, 0.4) is 0 Å². The van der Waals surface area contributed by atoms with Crippen LogP contribution < -0.4 is 5.32 Å². The normalized spacial score (nSPS) is 27.5. The number of aromatic hydroxyl groups is 1. The van der Waals surface area contributed by atoms with Gasteiger partial charge in [-0.15, -0.1) is 0 Å². The SMILES string of the molecule is Oc1ccccc1C1CNCCC1F. The summed E-state index contributed by atoms with van der Waals surface area (Å²) in [6, 6.07) is 6.98. The highest BCUT2D eigenvalue weighted by Crippen LogP contribution is 2.31. The zero-order valence-electron chi connectivity index (χ0n) is 7.91. The molecule has 2 nitrogen and oxygen atoms in total. The Balaban J connectivity index is 2.25. The second-order valence-corrected chi connectivity index (χ2v) is 3.67. The first-order valence-corrected chi connectivity index (χ1v) is 4.91. The molecule has 1 aromatic carbocycles. The number of benzene rings is 1. The molecular weight excluding hydrogens is 181 g/mol. The number of rotatable bonds is 1. The van der Waals surface area contributed by atoms with Gasteiger partial charge in [0.25, 0.3) is 0 Å². The lowest BCUT2D eigenvalue weighted by Gasteiger charge is -2.27. The van der Waals surface area contributed by atoms with E-state index in [1.54, 1.807) is 18.2 Å². The van der Waals surface area contributed by atoms with E-state index in [-0.39, 0.29) is 11.7 Å². The quantitative estimate of drug-likeness (QED) is 0.716. The van der Waals surface area contributed by atoms with Gasteiger partial charge in [-0.25, -0.2) is 4.39 Å². The maximum atomic E-state index is 13.6. The average molecular weight is 195 g/mol. The van der Waals surface area contributed by atoms with Crippen molar-refractivity contribution >= 4 is 0 Å². The largest absolute Gasteiger partial charge is 0.508 e. The summed E-state index contributed by atoms with van der Waals surface area (Å²) < 4.78 is 13.6. The fourth-order valence-corrected chi connectivity index (χ4v) is 1.93. The summed E-state index contributed by atoms with van der Waals surface area (Å²) in [6.45, 7) is 1.34. The molecule has 3 heteroatoms. The van der Waals surface area contributed by atoms with Crippen LogP contribution in [0.4, 0.5) is 4.39 Å². The fourth-order valence-electron chi connectivity index (χ4n) is 1.93. The van der Waals surface area contributed by atoms with Crippen molar-refractivity contribution in [1.29, 1.82) is 0 Å². The number of para-hydroxylation sites is 1. The predicted molar refractivity (Wildman–Crippen MR) is 53.2 cm³/mol. The number of hydrogen-bond donors (Lipinski definition) is 2. The van der Waals surface area contributed by atoms with Crippen LogP contribution in [0.1, 0.15) is 17.9 Å². The molecule has 1 saturated heterocycles. The number of halogens is 1. The van der Waals surface area contributed by atoms with Gasteiger partial charge < -0.3 is 10.4 Å². The molecule has 1 aliphatic rings. The highest BCUT2D eigenvalue weighted by molar-refractivity contribution is 5.36. The molecule has 0 bridgehead atoms. The van der Waals surface area contributed by atoms with E-state index in [1.165, 1.54) is 0 Å². The topological polar surface area (TPSA) is 32.3 Å². The van der Waals surface area contributed by atoms with Crippen LogP contribution in [0.2, 0.25) is 0 Å². The number of nitrogens with one attached hydrogen (secondary N) is 1. The molecule has 0 amide bonds. The Morgan fingerprint density at radius 3 is 2.86 bits per heavy atom. The van der Waals surface area contributed by atoms with E-state index in [0.29, 0.717) is 18.5 Å². The van der Waals surface area contributed by atoms with Crippen LogP contribution in [-0.2, 0) is 0 Å². The van der Waals surface area contributed by atoms with Crippen LogP contribution in [0.5, 0.6) is 5.75 Å². The molecule has 76 valence electrons. The standard InChI is InChI=1S/C11H14FNO/c12-10-5-6-13-7-9(10)8-3-1-2-4-11(8)14/h1-4,9-10,13-14H,5-7H2. The van der Waals surface area contributed by atoms with Crippen molar-refractivity contribution in [1.82, 2.24) is 5.32 Å². The summed E-state index contributed by atoms with van der Waals surface area (Å²) >= 11 is 0. The van der Waals surface area contributed by atoms with Crippen molar-refractivity contribution in [3.05, 3.63) is 29.8 Å². The van der Waals surface area contributed by atoms with E-state index in [1.807, 2.05) is 6.07 Å². The Kier molecular flexibility index (Phi) is 2.68.